The highest BCUT2D eigenvalue weighted by Gasteiger charge is 2.31. The van der Waals surface area contributed by atoms with Crippen LogP contribution in [0, 0.1) is 0 Å². The fourth-order valence-electron chi connectivity index (χ4n) is 2.61. The maximum atomic E-state index is 12.1. The lowest BCUT2D eigenvalue weighted by molar-refractivity contribution is -0.123. The fourth-order valence-corrected chi connectivity index (χ4v) is 2.74. The van der Waals surface area contributed by atoms with E-state index >= 15 is 0 Å². The normalized spacial score (nSPS) is 17.0. The van der Waals surface area contributed by atoms with Gasteiger partial charge >= 0.3 is 0 Å². The van der Waals surface area contributed by atoms with Crippen molar-refractivity contribution in [2.45, 2.75) is 12.5 Å². The van der Waals surface area contributed by atoms with E-state index in [0.717, 1.165) is 5.69 Å². The second-order valence-electron chi connectivity index (χ2n) is 5.55. The minimum Gasteiger partial charge on any atom is -0.484 e. The summed E-state index contributed by atoms with van der Waals surface area (Å²) in [5.41, 5.74) is 0.844. The van der Waals surface area contributed by atoms with E-state index < -0.39 is 0 Å². The van der Waals surface area contributed by atoms with Crippen LogP contribution in [-0.2, 0) is 9.59 Å². The molecular formula is C18H17ClN2O3. The molecule has 0 radical (unpaired) electrons. The largest absolute Gasteiger partial charge is 0.484 e. The third-order valence-corrected chi connectivity index (χ3v) is 3.99. The van der Waals surface area contributed by atoms with Crippen molar-refractivity contribution < 1.29 is 14.3 Å². The van der Waals surface area contributed by atoms with Crippen molar-refractivity contribution in [2.24, 2.45) is 0 Å². The van der Waals surface area contributed by atoms with Crippen molar-refractivity contribution in [1.29, 1.82) is 0 Å². The van der Waals surface area contributed by atoms with Gasteiger partial charge in [-0.3, -0.25) is 9.59 Å². The SMILES string of the molecule is O=C(COc1ccc(Cl)cc1)NC1CC(=O)N(c2ccccc2)C1. The highest BCUT2D eigenvalue weighted by atomic mass is 35.5. The molecule has 1 unspecified atom stereocenters. The Bertz CT molecular complexity index is 719. The van der Waals surface area contributed by atoms with Crippen LogP contribution >= 0.6 is 11.6 Å². The third kappa shape index (κ3) is 4.06. The van der Waals surface area contributed by atoms with E-state index in [0.29, 0.717) is 23.7 Å². The maximum absolute atomic E-state index is 12.1. The highest BCUT2D eigenvalue weighted by molar-refractivity contribution is 6.30. The lowest BCUT2D eigenvalue weighted by Gasteiger charge is -2.17. The number of halogens is 1. The summed E-state index contributed by atoms with van der Waals surface area (Å²) in [6, 6.07) is 16.0. The van der Waals surface area contributed by atoms with Gasteiger partial charge in [-0.2, -0.15) is 0 Å². The lowest BCUT2D eigenvalue weighted by atomic mass is 10.2. The van der Waals surface area contributed by atoms with Crippen LogP contribution in [0.3, 0.4) is 0 Å². The van der Waals surface area contributed by atoms with E-state index in [2.05, 4.69) is 5.32 Å². The molecule has 1 fully saturated rings. The molecule has 2 aromatic rings. The summed E-state index contributed by atoms with van der Waals surface area (Å²) < 4.78 is 5.40. The summed E-state index contributed by atoms with van der Waals surface area (Å²) in [5.74, 6) is 0.325. The fraction of sp³-hybridized carbons (Fsp3) is 0.222. The van der Waals surface area contributed by atoms with Crippen molar-refractivity contribution in [1.82, 2.24) is 5.32 Å². The molecular weight excluding hydrogens is 328 g/mol. The zero-order valence-corrected chi connectivity index (χ0v) is 13.7. The van der Waals surface area contributed by atoms with Crippen molar-refractivity contribution >= 4 is 29.1 Å². The number of hydrogen-bond acceptors (Lipinski definition) is 3. The Morgan fingerprint density at radius 1 is 1.17 bits per heavy atom. The smallest absolute Gasteiger partial charge is 0.258 e. The molecule has 0 spiro atoms. The number of anilines is 1. The molecule has 24 heavy (non-hydrogen) atoms. The first-order valence-electron chi connectivity index (χ1n) is 7.65. The van der Waals surface area contributed by atoms with E-state index in [1.807, 2.05) is 30.3 Å². The second kappa shape index (κ2) is 7.36. The molecule has 0 aliphatic carbocycles. The molecule has 1 saturated heterocycles. The van der Waals surface area contributed by atoms with Gasteiger partial charge in [0, 0.05) is 23.7 Å². The minimum atomic E-state index is -0.252. The van der Waals surface area contributed by atoms with Gasteiger partial charge in [-0.1, -0.05) is 29.8 Å². The van der Waals surface area contributed by atoms with Gasteiger partial charge in [-0.15, -0.1) is 0 Å². The maximum Gasteiger partial charge on any atom is 0.258 e. The molecule has 0 aromatic heterocycles. The Labute approximate surface area is 145 Å². The first-order valence-corrected chi connectivity index (χ1v) is 8.03. The molecule has 5 nitrogen and oxygen atoms in total. The molecule has 124 valence electrons. The van der Waals surface area contributed by atoms with Gasteiger partial charge in [0.25, 0.3) is 5.91 Å². The molecule has 1 aliphatic heterocycles. The molecule has 1 N–H and O–H groups in total. The molecule has 0 bridgehead atoms. The van der Waals surface area contributed by atoms with Gasteiger partial charge in [-0.25, -0.2) is 0 Å². The molecule has 2 aromatic carbocycles. The van der Waals surface area contributed by atoms with E-state index in [-0.39, 0.29) is 24.5 Å². The average molecular weight is 345 g/mol. The number of amides is 2. The van der Waals surface area contributed by atoms with Crippen LogP contribution in [0.5, 0.6) is 5.75 Å². The summed E-state index contributed by atoms with van der Waals surface area (Å²) in [6.07, 6.45) is 0.293. The first kappa shape index (κ1) is 16.3. The summed E-state index contributed by atoms with van der Waals surface area (Å²) >= 11 is 5.79. The Morgan fingerprint density at radius 3 is 2.58 bits per heavy atom. The summed E-state index contributed by atoms with van der Waals surface area (Å²) in [4.78, 5) is 25.8. The predicted molar refractivity (Wildman–Crippen MR) is 92.3 cm³/mol. The van der Waals surface area contributed by atoms with E-state index in [9.17, 15) is 9.59 Å². The number of carbonyl (C=O) groups excluding carboxylic acids is 2. The molecule has 1 heterocycles. The zero-order chi connectivity index (χ0) is 16.9. The molecule has 2 amide bonds. The lowest BCUT2D eigenvalue weighted by Crippen LogP contribution is -2.39. The summed E-state index contributed by atoms with van der Waals surface area (Å²) in [6.45, 7) is 0.368. The number of benzene rings is 2. The molecule has 3 rings (SSSR count). The Morgan fingerprint density at radius 2 is 1.88 bits per heavy atom. The number of ether oxygens (including phenoxy) is 1. The van der Waals surface area contributed by atoms with Crippen molar-refractivity contribution in [3.05, 3.63) is 59.6 Å². The quantitative estimate of drug-likeness (QED) is 0.907. The van der Waals surface area contributed by atoms with Crippen LogP contribution < -0.4 is 15.0 Å². The zero-order valence-electron chi connectivity index (χ0n) is 12.9. The molecule has 6 heteroatoms. The van der Waals surface area contributed by atoms with Gasteiger partial charge in [0.15, 0.2) is 6.61 Å². The van der Waals surface area contributed by atoms with E-state index in [4.69, 9.17) is 16.3 Å². The van der Waals surface area contributed by atoms with Crippen LogP contribution in [0.1, 0.15) is 6.42 Å². The monoisotopic (exact) mass is 344 g/mol. The number of rotatable bonds is 5. The Hall–Kier alpha value is -2.53. The molecule has 1 aliphatic rings. The second-order valence-corrected chi connectivity index (χ2v) is 5.99. The van der Waals surface area contributed by atoms with Crippen LogP contribution in [-0.4, -0.2) is 31.0 Å². The molecule has 0 saturated carbocycles. The van der Waals surface area contributed by atoms with Crippen LogP contribution in [0.15, 0.2) is 54.6 Å². The van der Waals surface area contributed by atoms with Gasteiger partial charge in [0.1, 0.15) is 5.75 Å². The van der Waals surface area contributed by atoms with Crippen molar-refractivity contribution in [3.63, 3.8) is 0 Å². The number of nitrogens with zero attached hydrogens (tertiary/aromatic N) is 1. The van der Waals surface area contributed by atoms with Crippen molar-refractivity contribution in [2.75, 3.05) is 18.1 Å². The molecule has 1 atom stereocenters. The standard InChI is InChI=1S/C18H17ClN2O3/c19-13-6-8-16(9-7-13)24-12-17(22)20-14-10-18(23)21(11-14)15-4-2-1-3-5-15/h1-9,14H,10-12H2,(H,20,22). The van der Waals surface area contributed by atoms with E-state index in [1.165, 1.54) is 0 Å². The van der Waals surface area contributed by atoms with Gasteiger partial charge in [-0.05, 0) is 36.4 Å². The Kier molecular flexibility index (Phi) is 5.01. The average Bonchev–Trinajstić information content (AvgIpc) is 2.95. The Balaban J connectivity index is 1.50. The first-order chi connectivity index (χ1) is 11.6. The van der Waals surface area contributed by atoms with Gasteiger partial charge in [0.05, 0.1) is 6.04 Å². The topological polar surface area (TPSA) is 58.6 Å². The van der Waals surface area contributed by atoms with Gasteiger partial charge < -0.3 is 15.0 Å². The predicted octanol–water partition coefficient (Wildman–Crippen LogP) is 2.64. The van der Waals surface area contributed by atoms with Crippen LogP contribution in [0.4, 0.5) is 5.69 Å². The van der Waals surface area contributed by atoms with Crippen LogP contribution in [0.25, 0.3) is 0 Å². The summed E-state index contributed by atoms with van der Waals surface area (Å²) in [7, 11) is 0. The van der Waals surface area contributed by atoms with Crippen molar-refractivity contribution in [3.8, 4) is 5.75 Å². The van der Waals surface area contributed by atoms with Crippen LogP contribution in [0.2, 0.25) is 5.02 Å². The number of carbonyl (C=O) groups is 2. The minimum absolute atomic E-state index is 0.00474. The number of hydrogen-bond donors (Lipinski definition) is 1. The number of nitrogens with one attached hydrogen (secondary N) is 1. The summed E-state index contributed by atoms with van der Waals surface area (Å²) in [5, 5.41) is 3.45. The third-order valence-electron chi connectivity index (χ3n) is 3.74. The highest BCUT2D eigenvalue weighted by Crippen LogP contribution is 2.21. The van der Waals surface area contributed by atoms with Gasteiger partial charge in [0.2, 0.25) is 5.91 Å². The van der Waals surface area contributed by atoms with E-state index in [1.54, 1.807) is 29.2 Å². The number of para-hydroxylation sites is 1.